The van der Waals surface area contributed by atoms with E-state index in [4.69, 9.17) is 0 Å². The van der Waals surface area contributed by atoms with Crippen molar-refractivity contribution in [1.82, 2.24) is 20.0 Å². The average Bonchev–Trinajstić information content (AvgIpc) is 2.68. The summed E-state index contributed by atoms with van der Waals surface area (Å²) in [4.78, 5) is 20.7. The van der Waals surface area contributed by atoms with Gasteiger partial charge in [-0.05, 0) is 18.7 Å². The number of piperazine rings is 2. The van der Waals surface area contributed by atoms with Crippen molar-refractivity contribution in [1.29, 1.82) is 0 Å². The SMILES string of the molecule is CCC(=O)N1CCN(c2ccc(N3CCN(CC)CC3)nn2)CC1. The molecule has 2 aliphatic heterocycles. The Morgan fingerprint density at radius 2 is 1.38 bits per heavy atom. The Balaban J connectivity index is 1.55. The van der Waals surface area contributed by atoms with Crippen LogP contribution in [0.3, 0.4) is 0 Å². The van der Waals surface area contributed by atoms with E-state index in [2.05, 4.69) is 44.0 Å². The Kier molecular flexibility index (Phi) is 5.50. The highest BCUT2D eigenvalue weighted by atomic mass is 16.2. The lowest BCUT2D eigenvalue weighted by molar-refractivity contribution is -0.131. The second-order valence-electron chi connectivity index (χ2n) is 6.39. The van der Waals surface area contributed by atoms with Crippen LogP contribution in [0.25, 0.3) is 0 Å². The summed E-state index contributed by atoms with van der Waals surface area (Å²) in [5.41, 5.74) is 0. The van der Waals surface area contributed by atoms with Crippen LogP contribution in [0.5, 0.6) is 0 Å². The number of carbonyl (C=O) groups is 1. The third-order valence-corrected chi connectivity index (χ3v) is 5.04. The summed E-state index contributed by atoms with van der Waals surface area (Å²) in [7, 11) is 0. The third kappa shape index (κ3) is 3.77. The van der Waals surface area contributed by atoms with Crippen molar-refractivity contribution < 1.29 is 4.79 Å². The number of carbonyl (C=O) groups excluding carboxylic acids is 1. The minimum atomic E-state index is 0.238. The van der Waals surface area contributed by atoms with E-state index < -0.39 is 0 Å². The number of amides is 1. The van der Waals surface area contributed by atoms with E-state index in [-0.39, 0.29) is 5.91 Å². The van der Waals surface area contributed by atoms with Crippen molar-refractivity contribution >= 4 is 17.5 Å². The van der Waals surface area contributed by atoms with E-state index >= 15 is 0 Å². The summed E-state index contributed by atoms with van der Waals surface area (Å²) in [5.74, 6) is 2.12. The molecule has 0 bridgehead atoms. The van der Waals surface area contributed by atoms with Crippen molar-refractivity contribution in [2.45, 2.75) is 20.3 Å². The van der Waals surface area contributed by atoms with Crippen LogP contribution in [0.15, 0.2) is 12.1 Å². The van der Waals surface area contributed by atoms with Crippen molar-refractivity contribution in [2.24, 2.45) is 0 Å². The third-order valence-electron chi connectivity index (χ3n) is 5.04. The summed E-state index contributed by atoms with van der Waals surface area (Å²) in [5, 5.41) is 8.86. The van der Waals surface area contributed by atoms with Gasteiger partial charge in [0.2, 0.25) is 5.91 Å². The Labute approximate surface area is 144 Å². The number of rotatable bonds is 4. The minimum absolute atomic E-state index is 0.238. The number of hydrogen-bond acceptors (Lipinski definition) is 6. The molecule has 1 aromatic rings. The first-order chi connectivity index (χ1) is 11.7. The van der Waals surface area contributed by atoms with Crippen LogP contribution in [0.4, 0.5) is 11.6 Å². The molecule has 2 aliphatic rings. The summed E-state index contributed by atoms with van der Waals surface area (Å²) >= 11 is 0. The number of likely N-dealkylation sites (N-methyl/N-ethyl adjacent to an activating group) is 1. The molecule has 24 heavy (non-hydrogen) atoms. The molecular formula is C17H28N6O. The van der Waals surface area contributed by atoms with E-state index in [1.54, 1.807) is 0 Å². The molecule has 7 heteroatoms. The molecule has 3 rings (SSSR count). The van der Waals surface area contributed by atoms with Gasteiger partial charge in [0, 0.05) is 58.8 Å². The van der Waals surface area contributed by atoms with Gasteiger partial charge in [-0.1, -0.05) is 13.8 Å². The Hall–Kier alpha value is -1.89. The van der Waals surface area contributed by atoms with Crippen LogP contribution in [-0.4, -0.2) is 84.8 Å². The Bertz CT molecular complexity index is 533. The predicted octanol–water partition coefficient (Wildman–Crippen LogP) is 0.677. The normalized spacial score (nSPS) is 19.7. The van der Waals surface area contributed by atoms with Gasteiger partial charge >= 0.3 is 0 Å². The molecule has 7 nitrogen and oxygen atoms in total. The largest absolute Gasteiger partial charge is 0.353 e. The summed E-state index contributed by atoms with van der Waals surface area (Å²) in [6.45, 7) is 12.6. The molecule has 0 aliphatic carbocycles. The average molecular weight is 332 g/mol. The minimum Gasteiger partial charge on any atom is -0.353 e. The van der Waals surface area contributed by atoms with Crippen LogP contribution in [0.2, 0.25) is 0 Å². The Morgan fingerprint density at radius 1 is 0.875 bits per heavy atom. The molecule has 0 atom stereocenters. The molecule has 0 unspecified atom stereocenters. The topological polar surface area (TPSA) is 55.8 Å². The molecule has 0 saturated carbocycles. The van der Waals surface area contributed by atoms with Crippen LogP contribution in [0.1, 0.15) is 20.3 Å². The highest BCUT2D eigenvalue weighted by molar-refractivity contribution is 5.76. The van der Waals surface area contributed by atoms with E-state index in [1.165, 1.54) is 0 Å². The maximum absolute atomic E-state index is 11.7. The fourth-order valence-electron chi connectivity index (χ4n) is 3.36. The Morgan fingerprint density at radius 3 is 1.79 bits per heavy atom. The summed E-state index contributed by atoms with van der Waals surface area (Å²) in [6.07, 6.45) is 0.583. The zero-order valence-corrected chi connectivity index (χ0v) is 14.8. The lowest BCUT2D eigenvalue weighted by atomic mass is 10.2. The maximum atomic E-state index is 11.7. The number of aromatic nitrogens is 2. The number of hydrogen-bond donors (Lipinski definition) is 0. The standard InChI is InChI=1S/C17H28N6O/c1-3-17(24)23-13-11-22(12-14-23)16-6-5-15(18-19-16)21-9-7-20(4-2)8-10-21/h5-6H,3-4,7-14H2,1-2H3. The zero-order chi connectivity index (χ0) is 16.9. The lowest BCUT2D eigenvalue weighted by Crippen LogP contribution is -2.49. The molecule has 0 aromatic carbocycles. The quantitative estimate of drug-likeness (QED) is 0.808. The van der Waals surface area contributed by atoms with E-state index in [0.29, 0.717) is 6.42 Å². The maximum Gasteiger partial charge on any atom is 0.222 e. The number of anilines is 2. The van der Waals surface area contributed by atoms with Crippen molar-refractivity contribution in [3.8, 4) is 0 Å². The second kappa shape index (κ2) is 7.79. The molecule has 132 valence electrons. The van der Waals surface area contributed by atoms with Gasteiger partial charge in [-0.3, -0.25) is 4.79 Å². The zero-order valence-electron chi connectivity index (χ0n) is 14.8. The molecule has 3 heterocycles. The van der Waals surface area contributed by atoms with Crippen molar-refractivity contribution in [2.75, 3.05) is 68.7 Å². The van der Waals surface area contributed by atoms with Crippen LogP contribution < -0.4 is 9.80 Å². The molecule has 0 spiro atoms. The molecular weight excluding hydrogens is 304 g/mol. The highest BCUT2D eigenvalue weighted by Crippen LogP contribution is 2.18. The fourth-order valence-corrected chi connectivity index (χ4v) is 3.36. The highest BCUT2D eigenvalue weighted by Gasteiger charge is 2.22. The molecule has 1 aromatic heterocycles. The first-order valence-corrected chi connectivity index (χ1v) is 9.05. The van der Waals surface area contributed by atoms with Gasteiger partial charge in [0.25, 0.3) is 0 Å². The van der Waals surface area contributed by atoms with E-state index in [1.807, 2.05) is 11.8 Å². The molecule has 0 radical (unpaired) electrons. The van der Waals surface area contributed by atoms with Crippen LogP contribution in [-0.2, 0) is 4.79 Å². The smallest absolute Gasteiger partial charge is 0.222 e. The van der Waals surface area contributed by atoms with E-state index in [9.17, 15) is 4.79 Å². The van der Waals surface area contributed by atoms with Gasteiger partial charge < -0.3 is 19.6 Å². The lowest BCUT2D eigenvalue weighted by Gasteiger charge is -2.36. The number of nitrogens with zero attached hydrogens (tertiary/aromatic N) is 6. The first-order valence-electron chi connectivity index (χ1n) is 9.05. The van der Waals surface area contributed by atoms with E-state index in [0.717, 1.165) is 70.5 Å². The van der Waals surface area contributed by atoms with Crippen molar-refractivity contribution in [3.05, 3.63) is 12.1 Å². The monoisotopic (exact) mass is 332 g/mol. The van der Waals surface area contributed by atoms with Gasteiger partial charge in [-0.25, -0.2) is 0 Å². The van der Waals surface area contributed by atoms with Gasteiger partial charge in [0.05, 0.1) is 0 Å². The van der Waals surface area contributed by atoms with Gasteiger partial charge in [-0.15, -0.1) is 10.2 Å². The molecule has 2 fully saturated rings. The molecule has 0 N–H and O–H groups in total. The second-order valence-corrected chi connectivity index (χ2v) is 6.39. The van der Waals surface area contributed by atoms with Crippen LogP contribution >= 0.6 is 0 Å². The van der Waals surface area contributed by atoms with Gasteiger partial charge in [0.15, 0.2) is 11.6 Å². The van der Waals surface area contributed by atoms with Gasteiger partial charge in [0.1, 0.15) is 0 Å². The molecule has 1 amide bonds. The summed E-state index contributed by atoms with van der Waals surface area (Å²) in [6, 6.07) is 4.14. The van der Waals surface area contributed by atoms with Crippen molar-refractivity contribution in [3.63, 3.8) is 0 Å². The van der Waals surface area contributed by atoms with Crippen LogP contribution in [0, 0.1) is 0 Å². The van der Waals surface area contributed by atoms with Gasteiger partial charge in [-0.2, -0.15) is 0 Å². The summed E-state index contributed by atoms with van der Waals surface area (Å²) < 4.78 is 0. The first kappa shape index (κ1) is 17.0. The molecule has 2 saturated heterocycles. The predicted molar refractivity (Wildman–Crippen MR) is 95.4 cm³/mol. The fraction of sp³-hybridized carbons (Fsp3) is 0.706.